The highest BCUT2D eigenvalue weighted by atomic mass is 79.9. The van der Waals surface area contributed by atoms with E-state index in [1.165, 1.54) is 0 Å². The number of amides is 1. The van der Waals surface area contributed by atoms with E-state index in [0.717, 1.165) is 15.7 Å². The Bertz CT molecular complexity index is 888. The minimum Gasteiger partial charge on any atom is -0.291 e. The number of carbonyl (C=O) groups is 1. The van der Waals surface area contributed by atoms with Crippen LogP contribution in [0.1, 0.15) is 24.2 Å². The normalized spacial score (nSPS) is 12.2. The number of rotatable bonds is 5. The van der Waals surface area contributed by atoms with Crippen LogP contribution < -0.4 is 5.32 Å². The van der Waals surface area contributed by atoms with E-state index in [1.54, 1.807) is 28.8 Å². The molecule has 2 aromatic heterocycles. The van der Waals surface area contributed by atoms with E-state index < -0.39 is 6.04 Å². The molecule has 0 fully saturated rings. The van der Waals surface area contributed by atoms with Crippen LogP contribution in [0.3, 0.4) is 0 Å². The smallest absolute Gasteiger partial charge is 0.251 e. The van der Waals surface area contributed by atoms with Crippen molar-refractivity contribution in [2.45, 2.75) is 26.4 Å². The third kappa shape index (κ3) is 4.08. The van der Waals surface area contributed by atoms with Crippen molar-refractivity contribution >= 4 is 39.4 Å². The summed E-state index contributed by atoms with van der Waals surface area (Å²) in [5.74, 6) is 0.0256. The molecule has 2 heterocycles. The molecule has 0 radical (unpaired) electrons. The maximum absolute atomic E-state index is 12.4. The lowest BCUT2D eigenvalue weighted by atomic mass is 10.2. The first-order valence-corrected chi connectivity index (χ1v) is 8.75. The zero-order valence-corrected chi connectivity index (χ0v) is 16.0. The van der Waals surface area contributed by atoms with E-state index in [0.29, 0.717) is 11.6 Å². The van der Waals surface area contributed by atoms with Gasteiger partial charge in [-0.25, -0.2) is 9.67 Å². The molecule has 1 unspecified atom stereocenters. The second-order valence-electron chi connectivity index (χ2n) is 5.58. The van der Waals surface area contributed by atoms with Gasteiger partial charge in [-0.15, -0.1) is 5.10 Å². The Hall–Kier alpha value is -2.19. The molecule has 25 heavy (non-hydrogen) atoms. The fourth-order valence-corrected chi connectivity index (χ4v) is 2.72. The zero-order chi connectivity index (χ0) is 18.0. The number of aromatic nitrogens is 5. The molecule has 3 aromatic rings. The first-order valence-electron chi connectivity index (χ1n) is 7.58. The van der Waals surface area contributed by atoms with Crippen LogP contribution in [-0.2, 0) is 11.3 Å². The van der Waals surface area contributed by atoms with Crippen LogP contribution in [0.15, 0.2) is 41.3 Å². The molecule has 1 N–H and O–H groups in total. The van der Waals surface area contributed by atoms with Gasteiger partial charge in [-0.3, -0.25) is 14.8 Å². The maximum atomic E-state index is 12.4. The van der Waals surface area contributed by atoms with Crippen molar-refractivity contribution in [1.29, 1.82) is 0 Å². The summed E-state index contributed by atoms with van der Waals surface area (Å²) in [4.78, 5) is 16.5. The Morgan fingerprint density at radius 1 is 1.36 bits per heavy atom. The highest BCUT2D eigenvalue weighted by Crippen LogP contribution is 2.19. The van der Waals surface area contributed by atoms with Gasteiger partial charge in [0.25, 0.3) is 5.91 Å². The van der Waals surface area contributed by atoms with Crippen LogP contribution in [0.5, 0.6) is 0 Å². The van der Waals surface area contributed by atoms with Crippen molar-refractivity contribution in [3.63, 3.8) is 0 Å². The highest BCUT2D eigenvalue weighted by Gasteiger charge is 2.19. The maximum Gasteiger partial charge on any atom is 0.251 e. The Labute approximate surface area is 158 Å². The second kappa shape index (κ2) is 7.37. The molecule has 0 aliphatic carbocycles. The minimum atomic E-state index is -0.477. The van der Waals surface area contributed by atoms with Gasteiger partial charge in [-0.2, -0.15) is 5.10 Å². The molecule has 7 nitrogen and oxygen atoms in total. The average Bonchev–Trinajstić information content (AvgIpc) is 3.16. The van der Waals surface area contributed by atoms with Crippen molar-refractivity contribution in [1.82, 2.24) is 24.5 Å². The molecule has 0 bridgehead atoms. The summed E-state index contributed by atoms with van der Waals surface area (Å²) in [6.45, 7) is 4.20. The van der Waals surface area contributed by atoms with E-state index in [-0.39, 0.29) is 11.9 Å². The molecule has 3 rings (SSSR count). The number of hydrogen-bond acceptors (Lipinski definition) is 4. The molecule has 1 atom stereocenters. The Kier molecular flexibility index (Phi) is 5.19. The lowest BCUT2D eigenvalue weighted by Crippen LogP contribution is -2.25. The number of nitrogens with zero attached hydrogens (tertiary/aromatic N) is 5. The van der Waals surface area contributed by atoms with Gasteiger partial charge in [0.15, 0.2) is 0 Å². The lowest BCUT2D eigenvalue weighted by molar-refractivity contribution is -0.119. The summed E-state index contributed by atoms with van der Waals surface area (Å²) in [6.07, 6.45) is 3.24. The van der Waals surface area contributed by atoms with Gasteiger partial charge < -0.3 is 0 Å². The minimum absolute atomic E-state index is 0.233. The standard InChI is InChI=1S/C16H16BrClN6O/c1-10-14(17)7-20-24(10)11(2)15(25)21-16-19-9-23(22-16)8-12-3-5-13(18)6-4-12/h3-7,9,11H,8H2,1-2H3,(H,21,22,25). The van der Waals surface area contributed by atoms with Crippen molar-refractivity contribution < 1.29 is 4.79 Å². The lowest BCUT2D eigenvalue weighted by Gasteiger charge is -2.12. The number of benzene rings is 1. The van der Waals surface area contributed by atoms with E-state index in [4.69, 9.17) is 11.6 Å². The summed E-state index contributed by atoms with van der Waals surface area (Å²) >= 11 is 9.26. The first-order chi connectivity index (χ1) is 11.9. The predicted molar refractivity (Wildman–Crippen MR) is 98.6 cm³/mol. The van der Waals surface area contributed by atoms with Gasteiger partial charge in [-0.1, -0.05) is 23.7 Å². The number of halogens is 2. The summed E-state index contributed by atoms with van der Waals surface area (Å²) in [7, 11) is 0. The van der Waals surface area contributed by atoms with E-state index >= 15 is 0 Å². The number of hydrogen-bond donors (Lipinski definition) is 1. The molecule has 1 aromatic carbocycles. The fraction of sp³-hybridized carbons (Fsp3) is 0.250. The van der Waals surface area contributed by atoms with Gasteiger partial charge in [0.2, 0.25) is 5.95 Å². The third-order valence-corrected chi connectivity index (χ3v) is 4.79. The number of anilines is 1. The van der Waals surface area contributed by atoms with Crippen molar-refractivity contribution in [3.05, 3.63) is 57.5 Å². The van der Waals surface area contributed by atoms with Gasteiger partial charge in [-0.05, 0) is 47.5 Å². The van der Waals surface area contributed by atoms with Gasteiger partial charge in [0.1, 0.15) is 12.4 Å². The third-order valence-electron chi connectivity index (χ3n) is 3.76. The molecule has 0 aliphatic rings. The van der Waals surface area contributed by atoms with Gasteiger partial charge in [0.05, 0.1) is 22.9 Å². The second-order valence-corrected chi connectivity index (χ2v) is 6.87. The predicted octanol–water partition coefficient (Wildman–Crippen LogP) is 3.45. The average molecular weight is 424 g/mol. The van der Waals surface area contributed by atoms with E-state index in [2.05, 4.69) is 36.4 Å². The largest absolute Gasteiger partial charge is 0.291 e. The van der Waals surface area contributed by atoms with Crippen molar-refractivity contribution in [2.24, 2.45) is 0 Å². The molecule has 0 spiro atoms. The van der Waals surface area contributed by atoms with Crippen LogP contribution in [0.4, 0.5) is 5.95 Å². The molecule has 0 aliphatic heterocycles. The number of carbonyl (C=O) groups excluding carboxylic acids is 1. The van der Waals surface area contributed by atoms with Crippen molar-refractivity contribution in [2.75, 3.05) is 5.32 Å². The topological polar surface area (TPSA) is 77.6 Å². The van der Waals surface area contributed by atoms with Crippen LogP contribution in [0.2, 0.25) is 5.02 Å². The molecular weight excluding hydrogens is 408 g/mol. The molecule has 9 heteroatoms. The summed E-state index contributed by atoms with van der Waals surface area (Å²) < 4.78 is 4.15. The summed E-state index contributed by atoms with van der Waals surface area (Å²) in [5, 5.41) is 11.9. The monoisotopic (exact) mass is 422 g/mol. The highest BCUT2D eigenvalue weighted by molar-refractivity contribution is 9.10. The molecule has 0 saturated carbocycles. The molecular formula is C16H16BrClN6O. The van der Waals surface area contributed by atoms with Crippen LogP contribution >= 0.6 is 27.5 Å². The SMILES string of the molecule is Cc1c(Br)cnn1C(C)C(=O)Nc1ncn(Cc2ccc(Cl)cc2)n1. The first kappa shape index (κ1) is 17.6. The van der Waals surface area contributed by atoms with Crippen molar-refractivity contribution in [3.8, 4) is 0 Å². The Balaban J connectivity index is 1.65. The number of nitrogens with one attached hydrogen (secondary N) is 1. The Morgan fingerprint density at radius 2 is 2.08 bits per heavy atom. The zero-order valence-electron chi connectivity index (χ0n) is 13.6. The van der Waals surface area contributed by atoms with Gasteiger partial charge >= 0.3 is 0 Å². The summed E-state index contributed by atoms with van der Waals surface area (Å²) in [6, 6.07) is 7.01. The molecule has 130 valence electrons. The molecule has 1 amide bonds. The molecule has 0 saturated heterocycles. The Morgan fingerprint density at radius 3 is 2.72 bits per heavy atom. The van der Waals surface area contributed by atoms with Gasteiger partial charge in [0, 0.05) is 5.02 Å². The van der Waals surface area contributed by atoms with Crippen LogP contribution in [0, 0.1) is 6.92 Å². The van der Waals surface area contributed by atoms with E-state index in [1.807, 2.05) is 31.2 Å². The van der Waals surface area contributed by atoms with Crippen LogP contribution in [-0.4, -0.2) is 30.5 Å². The summed E-state index contributed by atoms with van der Waals surface area (Å²) in [5.41, 5.74) is 1.92. The van der Waals surface area contributed by atoms with Crippen LogP contribution in [0.25, 0.3) is 0 Å². The van der Waals surface area contributed by atoms with E-state index in [9.17, 15) is 4.79 Å². The fourth-order valence-electron chi connectivity index (χ4n) is 2.32. The quantitative estimate of drug-likeness (QED) is 0.682.